The number of nitrogens with zero attached hydrogens (tertiary/aromatic N) is 3. The van der Waals surface area contributed by atoms with Crippen molar-refractivity contribution in [3.05, 3.63) is 68.9 Å². The van der Waals surface area contributed by atoms with Gasteiger partial charge in [0.1, 0.15) is 24.1 Å². The van der Waals surface area contributed by atoms with Crippen LogP contribution in [0.5, 0.6) is 34.5 Å². The Morgan fingerprint density at radius 2 is 1.95 bits per heavy atom. The number of rotatable bonds is 6. The molecule has 314 valence electrons. The van der Waals surface area contributed by atoms with E-state index in [-0.39, 0.29) is 30.9 Å². The van der Waals surface area contributed by atoms with Crippen LogP contribution in [0.15, 0.2) is 24.3 Å². The van der Waals surface area contributed by atoms with E-state index in [0.717, 1.165) is 63.0 Å². The van der Waals surface area contributed by atoms with Crippen LogP contribution in [0.25, 0.3) is 10.9 Å². The molecule has 4 aromatic rings. The van der Waals surface area contributed by atoms with Crippen LogP contribution in [-0.4, -0.2) is 96.4 Å². The predicted octanol–water partition coefficient (Wildman–Crippen LogP) is 5.93. The lowest BCUT2D eigenvalue weighted by atomic mass is 9.71. The van der Waals surface area contributed by atoms with Crippen LogP contribution in [0.2, 0.25) is 0 Å². The molecule has 0 radical (unpaired) electrons. The maximum atomic E-state index is 15.0. The number of benzene rings is 3. The zero-order valence-electron chi connectivity index (χ0n) is 34.6. The number of esters is 2. The van der Waals surface area contributed by atoms with Crippen LogP contribution in [0.1, 0.15) is 88.7 Å². The van der Waals surface area contributed by atoms with Crippen molar-refractivity contribution in [2.24, 2.45) is 0 Å². The molecule has 1 aromatic heterocycles. The number of phenols is 1. The molecule has 0 aliphatic carbocycles. The van der Waals surface area contributed by atoms with Gasteiger partial charge in [0.2, 0.25) is 6.79 Å². The lowest BCUT2D eigenvalue weighted by molar-refractivity contribution is -0.157. The highest BCUT2D eigenvalue weighted by atomic mass is 32.2. The number of aromatic nitrogens is 1. The summed E-state index contributed by atoms with van der Waals surface area (Å²) in [6.45, 7) is 8.26. The van der Waals surface area contributed by atoms with Crippen LogP contribution in [0, 0.1) is 25.2 Å². The number of aryl methyl sites for hydroxylation is 1. The van der Waals surface area contributed by atoms with E-state index in [1.54, 1.807) is 18.9 Å². The number of carbonyl (C=O) groups is 2. The predicted molar refractivity (Wildman–Crippen MR) is 222 cm³/mol. The Balaban J connectivity index is 1.20. The molecule has 1 spiro atoms. The fourth-order valence-electron chi connectivity index (χ4n) is 11.1. The van der Waals surface area contributed by atoms with Gasteiger partial charge in [0.15, 0.2) is 28.5 Å². The Morgan fingerprint density at radius 3 is 2.72 bits per heavy atom. The monoisotopic (exact) mass is 835 g/mol. The maximum Gasteiger partial charge on any atom is 0.333 e. The number of hydrogen-bond acceptors (Lipinski definition) is 14. The number of fused-ring (bicyclic) bond motifs is 11. The molecule has 0 saturated carbocycles. The summed E-state index contributed by atoms with van der Waals surface area (Å²) in [6, 6.07) is 8.14. The van der Waals surface area contributed by atoms with Crippen LogP contribution >= 0.6 is 11.8 Å². The zero-order valence-corrected chi connectivity index (χ0v) is 35.4. The van der Waals surface area contributed by atoms with Crippen molar-refractivity contribution < 1.29 is 43.1 Å². The van der Waals surface area contributed by atoms with Crippen molar-refractivity contribution in [3.8, 4) is 40.6 Å². The van der Waals surface area contributed by atoms with Crippen molar-refractivity contribution in [3.63, 3.8) is 0 Å². The van der Waals surface area contributed by atoms with Crippen LogP contribution in [0.4, 0.5) is 0 Å². The maximum absolute atomic E-state index is 15.0. The van der Waals surface area contributed by atoms with Crippen molar-refractivity contribution >= 4 is 34.6 Å². The van der Waals surface area contributed by atoms with E-state index in [0.29, 0.717) is 60.1 Å². The normalized spacial score (nSPS) is 27.6. The third-order valence-corrected chi connectivity index (χ3v) is 15.1. The number of nitriles is 1. The van der Waals surface area contributed by atoms with Gasteiger partial charge in [0.05, 0.1) is 42.8 Å². The quantitative estimate of drug-likeness (QED) is 0.119. The molecule has 2 saturated heterocycles. The van der Waals surface area contributed by atoms with Gasteiger partial charge in [-0.2, -0.15) is 5.26 Å². The van der Waals surface area contributed by atoms with Gasteiger partial charge in [0.25, 0.3) is 0 Å². The van der Waals surface area contributed by atoms with Gasteiger partial charge in [-0.1, -0.05) is 19.4 Å². The van der Waals surface area contributed by atoms with Crippen molar-refractivity contribution in [2.45, 2.75) is 94.4 Å². The molecule has 3 N–H and O–H groups in total. The molecule has 7 aliphatic rings. The highest BCUT2D eigenvalue weighted by Crippen LogP contribution is 2.64. The Morgan fingerprint density at radius 1 is 1.13 bits per heavy atom. The topological polar surface area (TPSA) is 168 Å². The average Bonchev–Trinajstić information content (AvgIpc) is 3.87. The first-order chi connectivity index (χ1) is 29.0. The molecule has 11 rings (SSSR count). The molecule has 7 aliphatic heterocycles. The number of piperazine rings is 1. The number of thioether (sulfide) groups is 1. The van der Waals surface area contributed by atoms with Crippen LogP contribution in [0.3, 0.4) is 0 Å². The van der Waals surface area contributed by atoms with Gasteiger partial charge >= 0.3 is 11.9 Å². The Labute approximate surface area is 352 Å². The molecule has 14 nitrogen and oxygen atoms in total. The number of ether oxygens (including phenoxy) is 6. The SMILES string of the molecule is CCCCOc1ccc2[nH]c3c(c2c1)CCN[C@]31CS[C@@H]2c3c(OC(C)=O)c(C)c4c(c3[C@H](COC1=O)N1C2[C@@H]2c3c(cc(C)c(OC)c3O)C[C@H]([C@@H]1C#N)N2C)OCO4. The summed E-state index contributed by atoms with van der Waals surface area (Å²) in [5.41, 5.74) is 5.90. The minimum absolute atomic E-state index is 0.0442. The average molecular weight is 836 g/mol. The fourth-order valence-corrected chi connectivity index (χ4v) is 12.7. The number of methoxy groups -OCH3 is 1. The number of H-pyrrole nitrogens is 1. The van der Waals surface area contributed by atoms with Gasteiger partial charge in [-0.3, -0.25) is 19.9 Å². The Hall–Kier alpha value is -5.14. The number of aromatic hydroxyl groups is 1. The Bertz CT molecular complexity index is 2520. The molecular weight excluding hydrogens is 787 g/mol. The highest BCUT2D eigenvalue weighted by Gasteiger charge is 2.62. The molecule has 4 bridgehead atoms. The number of hydrogen-bond donors (Lipinski definition) is 3. The van der Waals surface area contributed by atoms with Crippen LogP contribution < -0.4 is 29.0 Å². The van der Waals surface area contributed by atoms with Crippen molar-refractivity contribution in [1.82, 2.24) is 20.1 Å². The molecular formula is C45H49N5O9S. The van der Waals surface area contributed by atoms with Gasteiger partial charge in [-0.05, 0) is 75.0 Å². The summed E-state index contributed by atoms with van der Waals surface area (Å²) in [5, 5.41) is 27.5. The first kappa shape index (κ1) is 39.0. The summed E-state index contributed by atoms with van der Waals surface area (Å²) >= 11 is 1.55. The second-order valence-electron chi connectivity index (χ2n) is 16.8. The number of aromatic amines is 1. The standard InChI is InChI=1S/C45H49N5O9S/c1-7-8-13-55-25-9-10-28-27(16-25)26-11-12-47-45(43(26)48-28)19-60-42-34-33(41-40(57-20-58-41)22(3)39(34)59-23(4)51)31(18-56-44(45)53)50-30(17-46)29-15-24-14-21(2)38(54-6)37(52)32(24)35(36(42)50)49(29)5/h9-10,14,16,29-31,35-36,42,47-48,52H,7-8,11-13,15,18-20H2,1-6H3/t29-,30+,31+,35+,36?,42-,45-/m1/s1. The lowest BCUT2D eigenvalue weighted by Gasteiger charge is -2.62. The van der Waals surface area contributed by atoms with E-state index in [4.69, 9.17) is 28.4 Å². The molecule has 3 aromatic carbocycles. The number of likely N-dealkylation sites (N-methyl/N-ethyl adjacent to an activating group) is 1. The highest BCUT2D eigenvalue weighted by molar-refractivity contribution is 7.99. The first-order valence-corrected chi connectivity index (χ1v) is 21.8. The number of phenolic OH excluding ortho intramolecular Hbond substituents is 1. The number of carbonyl (C=O) groups excluding carboxylic acids is 2. The number of nitrogens with one attached hydrogen (secondary N) is 2. The minimum Gasteiger partial charge on any atom is -0.504 e. The van der Waals surface area contributed by atoms with E-state index in [2.05, 4.69) is 45.2 Å². The minimum atomic E-state index is -1.29. The molecule has 7 atom stereocenters. The molecule has 8 heterocycles. The molecule has 1 unspecified atom stereocenters. The van der Waals surface area contributed by atoms with Gasteiger partial charge < -0.3 is 38.5 Å². The van der Waals surface area contributed by atoms with Gasteiger partial charge in [-0.25, -0.2) is 4.79 Å². The second kappa shape index (κ2) is 14.5. The number of unbranched alkanes of at least 4 members (excludes halogenated alkanes) is 1. The third-order valence-electron chi connectivity index (χ3n) is 13.6. The van der Waals surface area contributed by atoms with Crippen LogP contribution in [-0.2, 0) is 32.7 Å². The van der Waals surface area contributed by atoms with Crippen molar-refractivity contribution in [1.29, 1.82) is 5.26 Å². The summed E-state index contributed by atoms with van der Waals surface area (Å²) in [5.74, 6) is 1.84. The van der Waals surface area contributed by atoms with E-state index < -0.39 is 46.9 Å². The van der Waals surface area contributed by atoms with Gasteiger partial charge in [0, 0.05) is 64.5 Å². The Kier molecular flexibility index (Phi) is 9.43. The third kappa shape index (κ3) is 5.49. The largest absolute Gasteiger partial charge is 0.504 e. The molecule has 2 fully saturated rings. The summed E-state index contributed by atoms with van der Waals surface area (Å²) in [6.07, 6.45) is 3.18. The van der Waals surface area contributed by atoms with E-state index in [1.807, 2.05) is 33.0 Å². The smallest absolute Gasteiger partial charge is 0.333 e. The first-order valence-electron chi connectivity index (χ1n) is 20.8. The van der Waals surface area contributed by atoms with E-state index in [9.17, 15) is 15.2 Å². The second-order valence-corrected chi connectivity index (χ2v) is 17.9. The van der Waals surface area contributed by atoms with E-state index >= 15 is 4.79 Å². The molecule has 15 heteroatoms. The summed E-state index contributed by atoms with van der Waals surface area (Å²) in [7, 11) is 3.57. The lowest BCUT2D eigenvalue weighted by Crippen LogP contribution is -2.69. The van der Waals surface area contributed by atoms with Gasteiger partial charge in [-0.15, -0.1) is 11.8 Å². The summed E-state index contributed by atoms with van der Waals surface area (Å²) in [4.78, 5) is 36.1. The van der Waals surface area contributed by atoms with Crippen molar-refractivity contribution in [2.75, 3.05) is 46.5 Å². The summed E-state index contributed by atoms with van der Waals surface area (Å²) < 4.78 is 37.0. The fraction of sp³-hybridized carbons (Fsp3) is 0.489. The molecule has 0 amide bonds. The molecule has 60 heavy (non-hydrogen) atoms. The van der Waals surface area contributed by atoms with E-state index in [1.165, 1.54) is 6.92 Å². The zero-order chi connectivity index (χ0) is 41.8.